The fourth-order valence-electron chi connectivity index (χ4n) is 0.930. The summed E-state index contributed by atoms with van der Waals surface area (Å²) in [4.78, 5) is 0.524. The lowest BCUT2D eigenvalue weighted by Gasteiger charge is -2.17. The molecule has 4 heteroatoms. The number of H-pyrrole nitrogens is 1. The van der Waals surface area contributed by atoms with E-state index in [0.717, 1.165) is 6.92 Å². The van der Waals surface area contributed by atoms with Gasteiger partial charge >= 0.3 is 0 Å². The van der Waals surface area contributed by atoms with Crippen LogP contribution in [-0.2, 0) is 0 Å². The quantitative estimate of drug-likeness (QED) is 0.645. The van der Waals surface area contributed by atoms with Crippen LogP contribution in [0.15, 0.2) is 12.3 Å². The first kappa shape index (κ1) is 3.38. The molecule has 0 saturated carbocycles. The van der Waals surface area contributed by atoms with Crippen LogP contribution in [0.4, 0.5) is 5.82 Å². The van der Waals surface area contributed by atoms with Gasteiger partial charge in [0.15, 0.2) is 0 Å². The molecule has 2 N–H and O–H groups in total. The second kappa shape index (κ2) is 2.48. The zero-order valence-corrected chi connectivity index (χ0v) is 6.50. The van der Waals surface area contributed by atoms with E-state index in [9.17, 15) is 5.11 Å². The largest absolute Gasteiger partial charge is 0.388 e. The molecule has 0 aromatic carbocycles. The maximum atomic E-state index is 10.1. The number of hydrogen-bond acceptors (Lipinski definition) is 3. The number of aromatic amines is 1. The molecule has 1 aromatic rings. The fourth-order valence-corrected chi connectivity index (χ4v) is 0.930. The first-order chi connectivity index (χ1) is 7.98. The lowest BCUT2D eigenvalue weighted by atomic mass is 10.1. The number of hydrogen-bond donors (Lipinski definition) is 2. The van der Waals surface area contributed by atoms with Gasteiger partial charge in [0, 0.05) is 30.7 Å². The van der Waals surface area contributed by atoms with Crippen molar-refractivity contribution in [2.45, 2.75) is 18.9 Å². The average molecular weight is 173 g/mol. The number of aliphatic hydroxyl groups is 1. The summed E-state index contributed by atoms with van der Waals surface area (Å²) in [5.74, 6) is -0.105. The third kappa shape index (κ3) is 1.30. The van der Waals surface area contributed by atoms with Gasteiger partial charge in [-0.2, -0.15) is 5.10 Å². The smallest absolute Gasteiger partial charge is 0.150 e. The fraction of sp³-hybridized carbons (Fsp3) is 0.625. The molecular weight excluding hydrogens is 154 g/mol. The van der Waals surface area contributed by atoms with Crippen LogP contribution in [0.25, 0.3) is 0 Å². The molecule has 1 atom stereocenters. The standard InChI is InChI=1S/C8H13N3O/c1-8(12)3-5-11(6-8)7-2-4-9-10-7/h2,4,12H,3,5-6H2,1H3,(H,9,10)/i3D2,5D2,6D2. The van der Waals surface area contributed by atoms with E-state index in [1.807, 2.05) is 0 Å². The van der Waals surface area contributed by atoms with E-state index in [1.54, 1.807) is 0 Å². The van der Waals surface area contributed by atoms with Gasteiger partial charge in [-0.15, -0.1) is 0 Å². The molecule has 2 rings (SSSR count). The van der Waals surface area contributed by atoms with Crippen LogP contribution >= 0.6 is 0 Å². The summed E-state index contributed by atoms with van der Waals surface area (Å²) >= 11 is 0. The van der Waals surface area contributed by atoms with E-state index >= 15 is 0 Å². The molecule has 1 unspecified atom stereocenters. The molecule has 0 radical (unpaired) electrons. The van der Waals surface area contributed by atoms with E-state index in [2.05, 4.69) is 10.2 Å². The molecule has 12 heavy (non-hydrogen) atoms. The highest BCUT2D eigenvalue weighted by Gasteiger charge is 2.31. The van der Waals surface area contributed by atoms with Crippen LogP contribution in [0.5, 0.6) is 0 Å². The summed E-state index contributed by atoms with van der Waals surface area (Å²) in [7, 11) is 0. The Labute approximate surface area is 79.6 Å². The van der Waals surface area contributed by atoms with Crippen molar-refractivity contribution >= 4 is 5.82 Å². The van der Waals surface area contributed by atoms with E-state index in [-0.39, 0.29) is 5.82 Å². The number of nitrogens with one attached hydrogen (secondary N) is 1. The molecule has 1 aromatic heterocycles. The van der Waals surface area contributed by atoms with Gasteiger partial charge in [0.25, 0.3) is 0 Å². The normalized spacial score (nSPS) is 49.7. The van der Waals surface area contributed by atoms with E-state index in [4.69, 9.17) is 8.22 Å². The molecule has 2 heterocycles. The topological polar surface area (TPSA) is 52.2 Å². The van der Waals surface area contributed by atoms with Gasteiger partial charge in [0.05, 0.1) is 8.34 Å². The molecule has 1 fully saturated rings. The number of anilines is 1. The summed E-state index contributed by atoms with van der Waals surface area (Å²) in [6, 6.07) is 1.31. The van der Waals surface area contributed by atoms with Crippen molar-refractivity contribution in [3.05, 3.63) is 12.3 Å². The second-order valence-electron chi connectivity index (χ2n) is 2.69. The summed E-state index contributed by atoms with van der Waals surface area (Å²) in [5.41, 5.74) is -2.53. The lowest BCUT2D eigenvalue weighted by Crippen LogP contribution is -2.29. The van der Waals surface area contributed by atoms with Gasteiger partial charge in [0.1, 0.15) is 5.82 Å². The van der Waals surface area contributed by atoms with Crippen LogP contribution in [0.1, 0.15) is 21.5 Å². The molecule has 66 valence electrons. The highest BCUT2D eigenvalue weighted by molar-refractivity contribution is 5.38. The Bertz CT molecular complexity index is 431. The summed E-state index contributed by atoms with van der Waals surface area (Å²) in [5, 5.41) is 16.2. The minimum Gasteiger partial charge on any atom is -0.388 e. The Kier molecular flexibility index (Phi) is 0.699. The van der Waals surface area contributed by atoms with E-state index in [1.165, 1.54) is 12.3 Å². The molecule has 0 bridgehead atoms. The Morgan fingerprint density at radius 2 is 2.75 bits per heavy atom. The maximum Gasteiger partial charge on any atom is 0.150 e. The van der Waals surface area contributed by atoms with Crippen molar-refractivity contribution in [1.29, 1.82) is 0 Å². The van der Waals surface area contributed by atoms with Crippen molar-refractivity contribution in [3.8, 4) is 0 Å². The van der Waals surface area contributed by atoms with E-state index in [0.29, 0.717) is 4.90 Å². The number of aromatic nitrogens is 2. The Morgan fingerprint density at radius 1 is 1.92 bits per heavy atom. The first-order valence-corrected chi connectivity index (χ1v) is 3.50. The van der Waals surface area contributed by atoms with Gasteiger partial charge in [-0.1, -0.05) is 0 Å². The third-order valence-electron chi connectivity index (χ3n) is 1.46. The van der Waals surface area contributed by atoms with Crippen LogP contribution in [-0.4, -0.2) is 33.9 Å². The van der Waals surface area contributed by atoms with Gasteiger partial charge in [-0.05, 0) is 13.3 Å². The molecule has 0 aliphatic carbocycles. The van der Waals surface area contributed by atoms with Gasteiger partial charge in [0.2, 0.25) is 0 Å². The van der Waals surface area contributed by atoms with Crippen molar-refractivity contribution in [1.82, 2.24) is 10.2 Å². The maximum absolute atomic E-state index is 10.1. The van der Waals surface area contributed by atoms with Crippen LogP contribution in [0, 0.1) is 0 Å². The minimum atomic E-state index is -2.80. The average Bonchev–Trinajstić information content (AvgIpc) is 2.70. The Morgan fingerprint density at radius 3 is 3.25 bits per heavy atom. The molecular formula is C8H13N3O. The van der Waals surface area contributed by atoms with Crippen molar-refractivity contribution in [2.24, 2.45) is 0 Å². The number of rotatable bonds is 1. The van der Waals surface area contributed by atoms with Crippen LogP contribution in [0.2, 0.25) is 0 Å². The monoisotopic (exact) mass is 173 g/mol. The van der Waals surface area contributed by atoms with Crippen molar-refractivity contribution < 1.29 is 13.3 Å². The van der Waals surface area contributed by atoms with Crippen LogP contribution in [0.3, 0.4) is 0 Å². The van der Waals surface area contributed by atoms with Gasteiger partial charge in [-0.3, -0.25) is 5.10 Å². The summed E-state index contributed by atoms with van der Waals surface area (Å²) in [6.45, 7) is -4.44. The van der Waals surface area contributed by atoms with Crippen molar-refractivity contribution in [2.75, 3.05) is 17.9 Å². The molecule has 4 nitrogen and oxygen atoms in total. The Hall–Kier alpha value is -1.03. The summed E-state index contributed by atoms with van der Waals surface area (Å²) < 4.78 is 46.7. The predicted molar refractivity (Wildman–Crippen MR) is 46.0 cm³/mol. The highest BCUT2D eigenvalue weighted by Crippen LogP contribution is 2.24. The van der Waals surface area contributed by atoms with Gasteiger partial charge < -0.3 is 10.0 Å². The molecule has 0 spiro atoms. The minimum absolute atomic E-state index is 0.105. The molecule has 1 aliphatic rings. The molecule has 1 aliphatic heterocycles. The highest BCUT2D eigenvalue weighted by atomic mass is 16.3. The van der Waals surface area contributed by atoms with Crippen LogP contribution < -0.4 is 4.90 Å². The first-order valence-electron chi connectivity index (χ1n) is 6.50. The van der Waals surface area contributed by atoms with Crippen molar-refractivity contribution in [3.63, 3.8) is 0 Å². The lowest BCUT2D eigenvalue weighted by molar-refractivity contribution is 0.0839. The number of β-amino-alcohol motifs (C(OH)–C–C–N with tert-alkyl or cyclic N) is 1. The second-order valence-corrected chi connectivity index (χ2v) is 2.69. The SMILES string of the molecule is [2H]C1([2H])N(c2cc[nH]n2)C([2H])([2H])C(C)(O)C1([2H])[2H]. The third-order valence-corrected chi connectivity index (χ3v) is 1.46. The van der Waals surface area contributed by atoms with Gasteiger partial charge in [-0.25, -0.2) is 0 Å². The predicted octanol–water partition coefficient (Wildman–Crippen LogP) is 0.371. The number of nitrogens with zero attached hydrogens (tertiary/aromatic N) is 2. The summed E-state index contributed by atoms with van der Waals surface area (Å²) in [6.07, 6.45) is -1.44. The van der Waals surface area contributed by atoms with E-state index < -0.39 is 25.0 Å². The molecule has 0 amide bonds. The zero-order chi connectivity index (χ0) is 14.0. The molecule has 1 saturated heterocycles. The Balaban J connectivity index is 2.67. The zero-order valence-electron chi connectivity index (χ0n) is 12.5.